The normalized spacial score (nSPS) is 11.8. The van der Waals surface area contributed by atoms with Gasteiger partial charge in [-0.15, -0.1) is 0 Å². The number of nitro groups is 1. The maximum atomic E-state index is 13.6. The smallest absolute Gasteiger partial charge is 0.275 e. The summed E-state index contributed by atoms with van der Waals surface area (Å²) >= 11 is 11.5. The molecule has 11 heteroatoms. The van der Waals surface area contributed by atoms with E-state index < -0.39 is 22.5 Å². The van der Waals surface area contributed by atoms with Crippen molar-refractivity contribution in [3.8, 4) is 0 Å². The molecule has 0 aliphatic heterocycles. The molecule has 25 heavy (non-hydrogen) atoms. The summed E-state index contributed by atoms with van der Waals surface area (Å²) in [5.41, 5.74) is 0.559. The number of anilines is 1. The molecule has 0 saturated heterocycles. The van der Waals surface area contributed by atoms with E-state index in [2.05, 4.69) is 10.5 Å². The molecule has 0 atom stereocenters. The fraction of sp³-hybridized carbons (Fsp3) is 0.0714. The highest BCUT2D eigenvalue weighted by atomic mass is 35.5. The monoisotopic (exact) mass is 395 g/mol. The van der Waals surface area contributed by atoms with E-state index in [1.807, 2.05) is 0 Å². The molecule has 2 rings (SSSR count). The summed E-state index contributed by atoms with van der Waals surface area (Å²) in [6.07, 6.45) is -3.71. The van der Waals surface area contributed by atoms with Gasteiger partial charge in [-0.1, -0.05) is 23.2 Å². The van der Waals surface area contributed by atoms with Crippen molar-refractivity contribution in [2.24, 2.45) is 5.10 Å². The van der Waals surface area contributed by atoms with Crippen LogP contribution in [-0.2, 0) is 6.18 Å². The second kappa shape index (κ2) is 7.24. The summed E-state index contributed by atoms with van der Waals surface area (Å²) < 4.78 is 51.5. The van der Waals surface area contributed by atoms with Gasteiger partial charge in [0.15, 0.2) is 0 Å². The van der Waals surface area contributed by atoms with Gasteiger partial charge in [-0.3, -0.25) is 15.5 Å². The summed E-state index contributed by atoms with van der Waals surface area (Å²) in [5, 5.41) is 13.6. The van der Waals surface area contributed by atoms with Crippen LogP contribution in [0.15, 0.2) is 35.4 Å². The van der Waals surface area contributed by atoms with Gasteiger partial charge >= 0.3 is 6.18 Å². The molecule has 0 radical (unpaired) electrons. The van der Waals surface area contributed by atoms with E-state index in [1.54, 1.807) is 0 Å². The Morgan fingerprint density at radius 3 is 2.28 bits per heavy atom. The fourth-order valence-electron chi connectivity index (χ4n) is 1.75. The summed E-state index contributed by atoms with van der Waals surface area (Å²) in [6, 6.07) is 4.11. The number of alkyl halides is 3. The van der Waals surface area contributed by atoms with Crippen LogP contribution in [0.5, 0.6) is 0 Å². The Morgan fingerprint density at radius 1 is 1.16 bits per heavy atom. The molecule has 0 saturated carbocycles. The van der Waals surface area contributed by atoms with Crippen LogP contribution in [0.3, 0.4) is 0 Å². The first-order valence-corrected chi connectivity index (χ1v) is 7.14. The first kappa shape index (κ1) is 18.9. The van der Waals surface area contributed by atoms with Gasteiger partial charge in [-0.25, -0.2) is 4.39 Å². The van der Waals surface area contributed by atoms with Crippen molar-refractivity contribution < 1.29 is 22.5 Å². The Bertz CT molecular complexity index is 833. The predicted octanol–water partition coefficient (Wildman–Crippen LogP) is 5.51. The molecule has 132 valence electrons. The zero-order chi connectivity index (χ0) is 18.8. The maximum Gasteiger partial charge on any atom is 0.416 e. The number of nitrogens with one attached hydrogen (secondary N) is 1. The Balaban J connectivity index is 2.26. The van der Waals surface area contributed by atoms with Gasteiger partial charge in [0.1, 0.15) is 5.82 Å². The molecule has 1 N–H and O–H groups in total. The molecule has 0 aliphatic carbocycles. The number of benzene rings is 2. The molecule has 0 spiro atoms. The second-order valence-electron chi connectivity index (χ2n) is 4.65. The minimum atomic E-state index is -4.62. The quantitative estimate of drug-likeness (QED) is 0.321. The average Bonchev–Trinajstić information content (AvgIpc) is 2.50. The minimum Gasteiger partial charge on any atom is -0.275 e. The number of hydrogen-bond acceptors (Lipinski definition) is 4. The van der Waals surface area contributed by atoms with Crippen molar-refractivity contribution in [2.75, 3.05) is 5.43 Å². The Hall–Kier alpha value is -2.39. The SMILES string of the molecule is O=[N+]([O-])c1ccc(F)c(C=NNc2c(Cl)cc(C(F)(F)F)cc2Cl)c1. The van der Waals surface area contributed by atoms with Crippen LogP contribution in [0.25, 0.3) is 0 Å². The van der Waals surface area contributed by atoms with Gasteiger partial charge in [-0.2, -0.15) is 18.3 Å². The molecule has 2 aromatic rings. The standard InChI is InChI=1S/C14H7Cl2F4N3O2/c15-10-4-8(14(18,19)20)5-11(16)13(10)22-21-6-7-3-9(23(24)25)1-2-12(7)17/h1-6,22H. The molecule has 0 unspecified atom stereocenters. The van der Waals surface area contributed by atoms with Crippen molar-refractivity contribution >= 4 is 40.8 Å². The number of nitro benzene ring substituents is 1. The first-order valence-electron chi connectivity index (χ1n) is 6.39. The molecule has 0 fully saturated rings. The van der Waals surface area contributed by atoms with E-state index in [1.165, 1.54) is 0 Å². The van der Waals surface area contributed by atoms with Gasteiger partial charge in [0.05, 0.1) is 32.4 Å². The highest BCUT2D eigenvalue weighted by Crippen LogP contribution is 2.38. The number of nitrogens with zero attached hydrogens (tertiary/aromatic N) is 2. The van der Waals surface area contributed by atoms with E-state index >= 15 is 0 Å². The molecule has 2 aromatic carbocycles. The van der Waals surface area contributed by atoms with Gasteiger partial charge in [0.25, 0.3) is 5.69 Å². The van der Waals surface area contributed by atoms with Crippen molar-refractivity contribution in [3.63, 3.8) is 0 Å². The van der Waals surface area contributed by atoms with Crippen molar-refractivity contribution in [1.82, 2.24) is 0 Å². The highest BCUT2D eigenvalue weighted by molar-refractivity contribution is 6.39. The first-order chi connectivity index (χ1) is 11.6. The number of non-ortho nitro benzene ring substituents is 1. The third-order valence-electron chi connectivity index (χ3n) is 2.94. The van der Waals surface area contributed by atoms with Crippen molar-refractivity contribution in [1.29, 1.82) is 0 Å². The zero-order valence-electron chi connectivity index (χ0n) is 11.9. The molecular formula is C14H7Cl2F4N3O2. The zero-order valence-corrected chi connectivity index (χ0v) is 13.5. The average molecular weight is 396 g/mol. The Labute approximate surface area is 148 Å². The van der Waals surface area contributed by atoms with E-state index in [0.29, 0.717) is 12.1 Å². The van der Waals surface area contributed by atoms with Gasteiger partial charge in [-0.05, 0) is 18.2 Å². The lowest BCUT2D eigenvalue weighted by molar-refractivity contribution is -0.384. The Kier molecular flexibility index (Phi) is 5.48. The number of rotatable bonds is 4. The predicted molar refractivity (Wildman–Crippen MR) is 85.7 cm³/mol. The lowest BCUT2D eigenvalue weighted by Gasteiger charge is -2.11. The van der Waals surface area contributed by atoms with Crippen LogP contribution in [0.4, 0.5) is 28.9 Å². The molecule has 0 aliphatic rings. The number of hydrogen-bond donors (Lipinski definition) is 1. The van der Waals surface area contributed by atoms with E-state index in [-0.39, 0.29) is 27.0 Å². The third-order valence-corrected chi connectivity index (χ3v) is 3.54. The summed E-state index contributed by atoms with van der Waals surface area (Å²) in [6.45, 7) is 0. The van der Waals surface area contributed by atoms with Crippen LogP contribution >= 0.6 is 23.2 Å². The number of hydrazone groups is 1. The summed E-state index contributed by atoms with van der Waals surface area (Å²) in [7, 11) is 0. The van der Waals surface area contributed by atoms with E-state index in [0.717, 1.165) is 24.4 Å². The van der Waals surface area contributed by atoms with E-state index in [9.17, 15) is 27.7 Å². The van der Waals surface area contributed by atoms with Crippen LogP contribution in [0.2, 0.25) is 10.0 Å². The van der Waals surface area contributed by atoms with Crippen LogP contribution in [0.1, 0.15) is 11.1 Å². The fourth-order valence-corrected chi connectivity index (χ4v) is 2.33. The second-order valence-corrected chi connectivity index (χ2v) is 5.46. The van der Waals surface area contributed by atoms with Crippen LogP contribution in [0, 0.1) is 15.9 Å². The summed E-state index contributed by atoms with van der Waals surface area (Å²) in [5.74, 6) is -0.777. The van der Waals surface area contributed by atoms with Gasteiger partial charge < -0.3 is 0 Å². The minimum absolute atomic E-state index is 0.126. The lowest BCUT2D eigenvalue weighted by atomic mass is 10.2. The molecule has 0 aromatic heterocycles. The van der Waals surface area contributed by atoms with Gasteiger partial charge in [0.2, 0.25) is 0 Å². The van der Waals surface area contributed by atoms with Crippen molar-refractivity contribution in [2.45, 2.75) is 6.18 Å². The largest absolute Gasteiger partial charge is 0.416 e. The molecule has 0 heterocycles. The summed E-state index contributed by atoms with van der Waals surface area (Å²) in [4.78, 5) is 9.94. The molecule has 0 bridgehead atoms. The van der Waals surface area contributed by atoms with Gasteiger partial charge in [0, 0.05) is 17.7 Å². The third kappa shape index (κ3) is 4.58. The molecule has 5 nitrogen and oxygen atoms in total. The van der Waals surface area contributed by atoms with Crippen molar-refractivity contribution in [3.05, 3.63) is 67.4 Å². The van der Waals surface area contributed by atoms with E-state index in [4.69, 9.17) is 23.2 Å². The van der Waals surface area contributed by atoms with Crippen LogP contribution < -0.4 is 5.43 Å². The molecule has 0 amide bonds. The highest BCUT2D eigenvalue weighted by Gasteiger charge is 2.32. The lowest BCUT2D eigenvalue weighted by Crippen LogP contribution is -2.05. The number of halogens is 6. The van der Waals surface area contributed by atoms with Crippen LogP contribution in [-0.4, -0.2) is 11.1 Å². The maximum absolute atomic E-state index is 13.6. The molecular weight excluding hydrogens is 389 g/mol. The topological polar surface area (TPSA) is 67.5 Å². The Morgan fingerprint density at radius 2 is 1.76 bits per heavy atom.